The first-order valence-corrected chi connectivity index (χ1v) is 6.14. The van der Waals surface area contributed by atoms with Crippen molar-refractivity contribution in [2.75, 3.05) is 13.1 Å². The fourth-order valence-corrected chi connectivity index (χ4v) is 2.11. The average molecular weight is 240 g/mol. The summed E-state index contributed by atoms with van der Waals surface area (Å²) >= 11 is 5.87. The summed E-state index contributed by atoms with van der Waals surface area (Å²) in [6.07, 6.45) is 1.11. The number of hydrogen-bond acceptors (Lipinski definition) is 3. The molecule has 0 amide bonds. The Labute approximate surface area is 102 Å². The van der Waals surface area contributed by atoms with E-state index in [1.807, 2.05) is 12.1 Å². The molecule has 3 N–H and O–H groups in total. The van der Waals surface area contributed by atoms with Gasteiger partial charge in [-0.15, -0.1) is 0 Å². The number of rotatable bonds is 4. The van der Waals surface area contributed by atoms with Crippen molar-refractivity contribution < 1.29 is 0 Å². The van der Waals surface area contributed by atoms with Crippen LogP contribution in [0.5, 0.6) is 0 Å². The van der Waals surface area contributed by atoms with Gasteiger partial charge in [0.1, 0.15) is 0 Å². The smallest absolute Gasteiger partial charge is 0.0478 e. The predicted octanol–water partition coefficient (Wildman–Crippen LogP) is 1.86. The largest absolute Gasteiger partial charge is 0.315 e. The minimum Gasteiger partial charge on any atom is -0.315 e. The lowest BCUT2D eigenvalue weighted by molar-refractivity contribution is 0.512. The zero-order chi connectivity index (χ0) is 11.4. The van der Waals surface area contributed by atoms with Crippen molar-refractivity contribution in [3.63, 3.8) is 0 Å². The molecule has 4 heteroatoms. The minimum atomic E-state index is 0.390. The number of likely N-dealkylation sites (N-methyl/N-ethyl adjacent to an activating group) is 1. The van der Waals surface area contributed by atoms with Crippen molar-refractivity contribution in [1.82, 2.24) is 16.2 Å². The van der Waals surface area contributed by atoms with Gasteiger partial charge in [0.2, 0.25) is 0 Å². The third-order valence-corrected chi connectivity index (χ3v) is 3.15. The van der Waals surface area contributed by atoms with Crippen LogP contribution in [0.1, 0.15) is 24.9 Å². The van der Waals surface area contributed by atoms with E-state index in [9.17, 15) is 0 Å². The third kappa shape index (κ3) is 2.95. The van der Waals surface area contributed by atoms with Crippen LogP contribution in [0.25, 0.3) is 0 Å². The van der Waals surface area contributed by atoms with Crippen LogP contribution in [-0.2, 0) is 0 Å². The van der Waals surface area contributed by atoms with E-state index in [1.165, 1.54) is 5.56 Å². The lowest BCUT2D eigenvalue weighted by atomic mass is 10.0. The molecule has 1 saturated heterocycles. The Balaban J connectivity index is 1.90. The summed E-state index contributed by atoms with van der Waals surface area (Å²) in [7, 11) is 0. The number of nitrogens with one attached hydrogen (secondary N) is 3. The molecule has 0 spiro atoms. The number of hydrazine groups is 1. The highest BCUT2D eigenvalue weighted by Gasteiger charge is 2.24. The van der Waals surface area contributed by atoms with Crippen LogP contribution in [0, 0.1) is 0 Å². The summed E-state index contributed by atoms with van der Waals surface area (Å²) in [5, 5.41) is 4.14. The van der Waals surface area contributed by atoms with E-state index in [2.05, 4.69) is 35.2 Å². The van der Waals surface area contributed by atoms with Gasteiger partial charge in [-0.05, 0) is 30.7 Å². The summed E-state index contributed by atoms with van der Waals surface area (Å²) in [5.74, 6) is 0. The van der Waals surface area contributed by atoms with Crippen LogP contribution in [0.2, 0.25) is 5.02 Å². The lowest BCUT2D eigenvalue weighted by Crippen LogP contribution is -2.37. The molecule has 1 aromatic carbocycles. The molecule has 1 aliphatic rings. The number of halogens is 1. The van der Waals surface area contributed by atoms with Gasteiger partial charge >= 0.3 is 0 Å². The molecule has 1 fully saturated rings. The molecular weight excluding hydrogens is 222 g/mol. The molecule has 2 rings (SSSR count). The molecule has 0 saturated carbocycles. The standard InChI is InChI=1S/C12H18ClN3/c1-2-14-8-11-7-12(16-15-11)9-3-5-10(13)6-4-9/h3-6,11-12,14-16H,2,7-8H2,1H3. The molecule has 0 aromatic heterocycles. The molecule has 0 radical (unpaired) electrons. The quantitative estimate of drug-likeness (QED) is 0.751. The van der Waals surface area contributed by atoms with Gasteiger partial charge in [0.15, 0.2) is 0 Å². The zero-order valence-electron chi connectivity index (χ0n) is 9.46. The molecule has 1 aliphatic heterocycles. The molecular formula is C12H18ClN3. The van der Waals surface area contributed by atoms with Crippen LogP contribution in [0.3, 0.4) is 0 Å². The Morgan fingerprint density at radius 1 is 1.31 bits per heavy atom. The van der Waals surface area contributed by atoms with E-state index < -0.39 is 0 Å². The fourth-order valence-electron chi connectivity index (χ4n) is 1.99. The summed E-state index contributed by atoms with van der Waals surface area (Å²) in [6.45, 7) is 4.15. The Morgan fingerprint density at radius 3 is 2.75 bits per heavy atom. The Hall–Kier alpha value is -0.610. The second kappa shape index (κ2) is 5.64. The molecule has 88 valence electrons. The predicted molar refractivity (Wildman–Crippen MR) is 67.4 cm³/mol. The van der Waals surface area contributed by atoms with Crippen LogP contribution in [0.15, 0.2) is 24.3 Å². The zero-order valence-corrected chi connectivity index (χ0v) is 10.2. The fraction of sp³-hybridized carbons (Fsp3) is 0.500. The van der Waals surface area contributed by atoms with E-state index in [4.69, 9.17) is 11.6 Å². The van der Waals surface area contributed by atoms with Crippen molar-refractivity contribution in [1.29, 1.82) is 0 Å². The maximum atomic E-state index is 5.87. The van der Waals surface area contributed by atoms with E-state index in [0.29, 0.717) is 12.1 Å². The van der Waals surface area contributed by atoms with Crippen LogP contribution >= 0.6 is 11.6 Å². The highest BCUT2D eigenvalue weighted by Crippen LogP contribution is 2.23. The minimum absolute atomic E-state index is 0.390. The average Bonchev–Trinajstić information content (AvgIpc) is 2.76. The lowest BCUT2D eigenvalue weighted by Gasteiger charge is -2.10. The van der Waals surface area contributed by atoms with Gasteiger partial charge in [-0.2, -0.15) is 0 Å². The monoisotopic (exact) mass is 239 g/mol. The van der Waals surface area contributed by atoms with Gasteiger partial charge in [-0.25, -0.2) is 5.43 Å². The SMILES string of the molecule is CCNCC1CC(c2ccc(Cl)cc2)NN1. The van der Waals surface area contributed by atoms with E-state index in [-0.39, 0.29) is 0 Å². The molecule has 0 aliphatic carbocycles. The number of hydrogen-bond donors (Lipinski definition) is 3. The topological polar surface area (TPSA) is 36.1 Å². The van der Waals surface area contributed by atoms with Crippen molar-refractivity contribution in [2.45, 2.75) is 25.4 Å². The van der Waals surface area contributed by atoms with Crippen molar-refractivity contribution in [3.05, 3.63) is 34.9 Å². The third-order valence-electron chi connectivity index (χ3n) is 2.90. The van der Waals surface area contributed by atoms with Gasteiger partial charge in [0.05, 0.1) is 0 Å². The summed E-state index contributed by atoms with van der Waals surface area (Å²) in [5.41, 5.74) is 7.92. The molecule has 1 heterocycles. The maximum Gasteiger partial charge on any atom is 0.0478 e. The Bertz CT molecular complexity index is 326. The van der Waals surface area contributed by atoms with Crippen molar-refractivity contribution in [2.24, 2.45) is 0 Å². The van der Waals surface area contributed by atoms with E-state index >= 15 is 0 Å². The molecule has 1 aromatic rings. The first-order chi connectivity index (χ1) is 7.79. The molecule has 0 bridgehead atoms. The van der Waals surface area contributed by atoms with E-state index in [1.54, 1.807) is 0 Å². The summed E-state index contributed by atoms with van der Waals surface area (Å²) in [4.78, 5) is 0. The number of benzene rings is 1. The van der Waals surface area contributed by atoms with Gasteiger partial charge in [0.25, 0.3) is 0 Å². The Morgan fingerprint density at radius 2 is 2.06 bits per heavy atom. The molecule has 2 unspecified atom stereocenters. The highest BCUT2D eigenvalue weighted by atomic mass is 35.5. The first-order valence-electron chi connectivity index (χ1n) is 5.77. The molecule has 16 heavy (non-hydrogen) atoms. The van der Waals surface area contributed by atoms with Crippen LogP contribution in [-0.4, -0.2) is 19.1 Å². The van der Waals surface area contributed by atoms with Gasteiger partial charge in [-0.1, -0.05) is 30.7 Å². The molecule has 3 nitrogen and oxygen atoms in total. The van der Waals surface area contributed by atoms with Crippen LogP contribution in [0.4, 0.5) is 0 Å². The second-order valence-corrected chi connectivity index (χ2v) is 4.57. The maximum absolute atomic E-state index is 5.87. The first kappa shape index (κ1) is 11.9. The van der Waals surface area contributed by atoms with Crippen molar-refractivity contribution >= 4 is 11.6 Å². The molecule has 2 atom stereocenters. The summed E-state index contributed by atoms with van der Waals surface area (Å²) < 4.78 is 0. The Kier molecular flexibility index (Phi) is 4.18. The second-order valence-electron chi connectivity index (χ2n) is 4.13. The van der Waals surface area contributed by atoms with E-state index in [0.717, 1.165) is 24.5 Å². The normalized spacial score (nSPS) is 24.9. The van der Waals surface area contributed by atoms with Crippen molar-refractivity contribution in [3.8, 4) is 0 Å². The van der Waals surface area contributed by atoms with Gasteiger partial charge in [0, 0.05) is 23.7 Å². The highest BCUT2D eigenvalue weighted by molar-refractivity contribution is 6.30. The summed E-state index contributed by atoms with van der Waals surface area (Å²) in [6, 6.07) is 8.93. The van der Waals surface area contributed by atoms with Crippen LogP contribution < -0.4 is 16.2 Å². The van der Waals surface area contributed by atoms with Gasteiger partial charge < -0.3 is 5.32 Å². The van der Waals surface area contributed by atoms with Gasteiger partial charge in [-0.3, -0.25) is 5.43 Å².